The largest absolute Gasteiger partial charge is 0.319 e. The van der Waals surface area contributed by atoms with Gasteiger partial charge in [0.1, 0.15) is 0 Å². The van der Waals surface area contributed by atoms with E-state index >= 15 is 0 Å². The molecular weight excluding hydrogens is 182 g/mol. The van der Waals surface area contributed by atoms with Gasteiger partial charge in [0.2, 0.25) is 0 Å². The molecule has 0 amide bonds. The van der Waals surface area contributed by atoms with Crippen molar-refractivity contribution in [1.29, 1.82) is 0 Å². The van der Waals surface area contributed by atoms with Crippen molar-refractivity contribution >= 4 is 16.9 Å². The molecular formula is C10H21NOS. The number of thioether (sulfide) groups is 1. The first kappa shape index (κ1) is 13.0. The number of hydrogen-bond acceptors (Lipinski definition) is 3. The quantitative estimate of drug-likeness (QED) is 0.511. The first-order chi connectivity index (χ1) is 6.16. The molecule has 0 saturated heterocycles. The van der Waals surface area contributed by atoms with E-state index in [2.05, 4.69) is 6.92 Å². The SMILES string of the molecule is CCCCCCC[C@@H](N)SC(C)=O. The smallest absolute Gasteiger partial charge is 0.187 e. The van der Waals surface area contributed by atoms with E-state index in [0.717, 1.165) is 12.8 Å². The monoisotopic (exact) mass is 203 g/mol. The summed E-state index contributed by atoms with van der Waals surface area (Å²) >= 11 is 1.26. The molecule has 0 saturated carbocycles. The van der Waals surface area contributed by atoms with Gasteiger partial charge in [0.25, 0.3) is 0 Å². The van der Waals surface area contributed by atoms with Crippen LogP contribution in [-0.4, -0.2) is 10.5 Å². The lowest BCUT2D eigenvalue weighted by Crippen LogP contribution is -2.16. The summed E-state index contributed by atoms with van der Waals surface area (Å²) in [4.78, 5) is 10.7. The van der Waals surface area contributed by atoms with Gasteiger partial charge in [-0.05, 0) is 6.42 Å². The number of nitrogens with two attached hydrogens (primary N) is 1. The molecule has 1 atom stereocenters. The summed E-state index contributed by atoms with van der Waals surface area (Å²) in [5, 5.41) is 0.139. The van der Waals surface area contributed by atoms with Crippen molar-refractivity contribution in [2.75, 3.05) is 0 Å². The Morgan fingerprint density at radius 3 is 2.46 bits per heavy atom. The van der Waals surface area contributed by atoms with Crippen LogP contribution in [-0.2, 0) is 4.79 Å². The lowest BCUT2D eigenvalue weighted by atomic mass is 10.1. The van der Waals surface area contributed by atoms with E-state index in [1.165, 1.54) is 37.4 Å². The molecule has 0 aliphatic rings. The maximum absolute atomic E-state index is 10.7. The molecule has 0 aliphatic carbocycles. The highest BCUT2D eigenvalue weighted by atomic mass is 32.2. The lowest BCUT2D eigenvalue weighted by Gasteiger charge is -2.07. The van der Waals surface area contributed by atoms with Crippen molar-refractivity contribution in [2.45, 2.75) is 57.7 Å². The van der Waals surface area contributed by atoms with Crippen molar-refractivity contribution in [3.63, 3.8) is 0 Å². The van der Waals surface area contributed by atoms with Gasteiger partial charge in [0.05, 0.1) is 5.37 Å². The molecule has 0 aromatic rings. The van der Waals surface area contributed by atoms with Crippen LogP contribution in [0.2, 0.25) is 0 Å². The van der Waals surface area contributed by atoms with E-state index < -0.39 is 0 Å². The molecule has 0 aromatic carbocycles. The van der Waals surface area contributed by atoms with Crippen molar-refractivity contribution in [3.8, 4) is 0 Å². The van der Waals surface area contributed by atoms with Crippen LogP contribution in [0, 0.1) is 0 Å². The van der Waals surface area contributed by atoms with Crippen LogP contribution >= 0.6 is 11.8 Å². The minimum atomic E-state index is 0.0131. The van der Waals surface area contributed by atoms with E-state index in [1.807, 2.05) is 0 Å². The van der Waals surface area contributed by atoms with E-state index in [1.54, 1.807) is 6.92 Å². The fourth-order valence-corrected chi connectivity index (χ4v) is 1.93. The fraction of sp³-hybridized carbons (Fsp3) is 0.900. The van der Waals surface area contributed by atoms with Gasteiger partial charge in [-0.25, -0.2) is 0 Å². The predicted molar refractivity (Wildman–Crippen MR) is 59.6 cm³/mol. The van der Waals surface area contributed by atoms with Crippen LogP contribution in [0.5, 0.6) is 0 Å². The highest BCUT2D eigenvalue weighted by Gasteiger charge is 2.05. The molecule has 0 rings (SSSR count). The normalized spacial score (nSPS) is 12.8. The van der Waals surface area contributed by atoms with Gasteiger partial charge in [-0.1, -0.05) is 50.8 Å². The summed E-state index contributed by atoms with van der Waals surface area (Å²) in [6.45, 7) is 3.78. The van der Waals surface area contributed by atoms with E-state index in [-0.39, 0.29) is 10.5 Å². The molecule has 0 spiro atoms. The highest BCUT2D eigenvalue weighted by Crippen LogP contribution is 2.14. The Kier molecular flexibility index (Phi) is 8.56. The topological polar surface area (TPSA) is 43.1 Å². The molecule has 2 nitrogen and oxygen atoms in total. The van der Waals surface area contributed by atoms with Crippen molar-refractivity contribution < 1.29 is 4.79 Å². The predicted octanol–water partition coefficient (Wildman–Crippen LogP) is 2.91. The Hall–Kier alpha value is -0.0200. The van der Waals surface area contributed by atoms with E-state index in [4.69, 9.17) is 5.73 Å². The zero-order chi connectivity index (χ0) is 10.1. The molecule has 2 N–H and O–H groups in total. The maximum atomic E-state index is 10.7. The third-order valence-corrected chi connectivity index (χ3v) is 2.78. The van der Waals surface area contributed by atoms with Crippen LogP contribution in [0.4, 0.5) is 0 Å². The van der Waals surface area contributed by atoms with E-state index in [0.29, 0.717) is 0 Å². The van der Waals surface area contributed by atoms with Crippen LogP contribution in [0.3, 0.4) is 0 Å². The molecule has 13 heavy (non-hydrogen) atoms. The van der Waals surface area contributed by atoms with Gasteiger partial charge in [-0.15, -0.1) is 0 Å². The second-order valence-electron chi connectivity index (χ2n) is 3.35. The van der Waals surface area contributed by atoms with Crippen molar-refractivity contribution in [2.24, 2.45) is 5.73 Å². The van der Waals surface area contributed by atoms with Gasteiger partial charge in [-0.2, -0.15) is 0 Å². The summed E-state index contributed by atoms with van der Waals surface area (Å²) in [6, 6.07) is 0. The number of rotatable bonds is 7. The van der Waals surface area contributed by atoms with Gasteiger partial charge in [-0.3, -0.25) is 4.79 Å². The van der Waals surface area contributed by atoms with Gasteiger partial charge in [0.15, 0.2) is 5.12 Å². The van der Waals surface area contributed by atoms with Gasteiger partial charge in [0, 0.05) is 6.92 Å². The summed E-state index contributed by atoms with van der Waals surface area (Å²) in [6.07, 6.45) is 7.26. The standard InChI is InChI=1S/C10H21NOS/c1-3-4-5-6-7-8-10(11)13-9(2)12/h10H,3-8,11H2,1-2H3/t10-/m0/s1. The number of carbonyl (C=O) groups is 1. The Balaban J connectivity index is 3.17. The maximum Gasteiger partial charge on any atom is 0.187 e. The van der Waals surface area contributed by atoms with Crippen LogP contribution < -0.4 is 5.73 Å². The third-order valence-electron chi connectivity index (χ3n) is 1.91. The second kappa shape index (κ2) is 8.57. The highest BCUT2D eigenvalue weighted by molar-refractivity contribution is 8.14. The van der Waals surface area contributed by atoms with Crippen LogP contribution in [0.25, 0.3) is 0 Å². The van der Waals surface area contributed by atoms with Crippen LogP contribution in [0.15, 0.2) is 0 Å². The fourth-order valence-electron chi connectivity index (χ4n) is 1.22. The molecule has 0 aliphatic heterocycles. The van der Waals surface area contributed by atoms with Crippen LogP contribution in [0.1, 0.15) is 52.4 Å². The summed E-state index contributed by atoms with van der Waals surface area (Å²) in [5.41, 5.74) is 5.73. The zero-order valence-electron chi connectivity index (χ0n) is 8.71. The summed E-state index contributed by atoms with van der Waals surface area (Å²) < 4.78 is 0. The first-order valence-corrected chi connectivity index (χ1v) is 5.97. The molecule has 0 unspecified atom stereocenters. The first-order valence-electron chi connectivity index (χ1n) is 5.09. The average Bonchev–Trinajstić information content (AvgIpc) is 2.02. The summed E-state index contributed by atoms with van der Waals surface area (Å²) in [5.74, 6) is 0. The molecule has 0 bridgehead atoms. The number of hydrogen-bond donors (Lipinski definition) is 1. The molecule has 3 heteroatoms. The Morgan fingerprint density at radius 2 is 1.92 bits per heavy atom. The molecule has 78 valence electrons. The lowest BCUT2D eigenvalue weighted by molar-refractivity contribution is -0.109. The Bertz CT molecular complexity index is 139. The number of unbranched alkanes of at least 4 members (excludes halogenated alkanes) is 4. The molecule has 0 aromatic heterocycles. The molecule has 0 fully saturated rings. The van der Waals surface area contributed by atoms with Crippen molar-refractivity contribution in [1.82, 2.24) is 0 Å². The molecule has 0 radical (unpaired) electrons. The van der Waals surface area contributed by atoms with Crippen molar-refractivity contribution in [3.05, 3.63) is 0 Å². The van der Waals surface area contributed by atoms with Gasteiger partial charge >= 0.3 is 0 Å². The Morgan fingerprint density at radius 1 is 1.31 bits per heavy atom. The minimum absolute atomic E-state index is 0.0131. The summed E-state index contributed by atoms with van der Waals surface area (Å²) in [7, 11) is 0. The third kappa shape index (κ3) is 9.90. The zero-order valence-corrected chi connectivity index (χ0v) is 9.53. The number of carbonyl (C=O) groups excluding carboxylic acids is 1. The Labute approximate surface area is 85.6 Å². The van der Waals surface area contributed by atoms with E-state index in [9.17, 15) is 4.79 Å². The van der Waals surface area contributed by atoms with Gasteiger partial charge < -0.3 is 5.73 Å². The average molecular weight is 203 g/mol. The molecule has 0 heterocycles. The second-order valence-corrected chi connectivity index (χ2v) is 4.77. The minimum Gasteiger partial charge on any atom is -0.319 e.